The van der Waals surface area contributed by atoms with E-state index in [2.05, 4.69) is 36.3 Å². The summed E-state index contributed by atoms with van der Waals surface area (Å²) in [5, 5.41) is 6.22. The van der Waals surface area contributed by atoms with Crippen molar-refractivity contribution in [3.63, 3.8) is 0 Å². The molecule has 1 unspecified atom stereocenters. The maximum Gasteiger partial charge on any atom is 0.229 e. The van der Waals surface area contributed by atoms with Gasteiger partial charge >= 0.3 is 0 Å². The molecule has 8 heteroatoms. The molecule has 0 aromatic carbocycles. The van der Waals surface area contributed by atoms with Crippen LogP contribution in [0.2, 0.25) is 0 Å². The van der Waals surface area contributed by atoms with E-state index in [9.17, 15) is 9.59 Å². The first-order chi connectivity index (χ1) is 21.3. The van der Waals surface area contributed by atoms with Gasteiger partial charge in [-0.1, -0.05) is 20.8 Å². The van der Waals surface area contributed by atoms with E-state index in [4.69, 9.17) is 14.2 Å². The predicted molar refractivity (Wildman–Crippen MR) is 169 cm³/mol. The van der Waals surface area contributed by atoms with Crippen molar-refractivity contribution in [1.82, 2.24) is 15.5 Å². The zero-order valence-corrected chi connectivity index (χ0v) is 27.7. The minimum absolute atomic E-state index is 0.0576. The number of carbonyl (C=O) groups is 2. The molecule has 8 nitrogen and oxygen atoms in total. The van der Waals surface area contributed by atoms with E-state index in [-0.39, 0.29) is 30.1 Å². The molecule has 7 rings (SSSR count). The Morgan fingerprint density at radius 3 is 2.52 bits per heavy atom. The summed E-state index contributed by atoms with van der Waals surface area (Å²) in [6.07, 6.45) is 13.5. The molecule has 248 valence electrons. The molecule has 3 heterocycles. The molecule has 1 spiro atoms. The Balaban J connectivity index is 0.879. The van der Waals surface area contributed by atoms with E-state index < -0.39 is 0 Å². The van der Waals surface area contributed by atoms with E-state index in [0.717, 1.165) is 88.8 Å². The molecule has 7 fully saturated rings. The highest BCUT2D eigenvalue weighted by Gasteiger charge is 2.65. The van der Waals surface area contributed by atoms with Crippen molar-refractivity contribution in [3.05, 3.63) is 0 Å². The normalized spacial score (nSPS) is 46.9. The van der Waals surface area contributed by atoms with E-state index in [1.807, 2.05) is 0 Å². The number of fused-ring (bicyclic) bond motifs is 7. The van der Waals surface area contributed by atoms with Crippen molar-refractivity contribution in [3.8, 4) is 0 Å². The van der Waals surface area contributed by atoms with Crippen molar-refractivity contribution in [1.29, 1.82) is 0 Å². The van der Waals surface area contributed by atoms with Gasteiger partial charge in [-0.2, -0.15) is 0 Å². The van der Waals surface area contributed by atoms with Crippen LogP contribution in [-0.2, 0) is 23.8 Å². The van der Waals surface area contributed by atoms with Crippen molar-refractivity contribution in [2.75, 3.05) is 46.0 Å². The third-order valence-corrected chi connectivity index (χ3v) is 14.1. The van der Waals surface area contributed by atoms with Gasteiger partial charge in [0, 0.05) is 38.0 Å². The molecular weight excluding hydrogens is 554 g/mol. The summed E-state index contributed by atoms with van der Waals surface area (Å²) in [5.41, 5.74) is 0.376. The maximum absolute atomic E-state index is 12.8. The Morgan fingerprint density at radius 1 is 0.909 bits per heavy atom. The van der Waals surface area contributed by atoms with Crippen LogP contribution in [-0.4, -0.2) is 80.6 Å². The molecule has 2 N–H and O–H groups in total. The summed E-state index contributed by atoms with van der Waals surface area (Å²) >= 11 is 0. The summed E-state index contributed by atoms with van der Waals surface area (Å²) in [5.74, 6) is 5.19. The van der Waals surface area contributed by atoms with Crippen LogP contribution < -0.4 is 10.6 Å². The number of nitrogens with zero attached hydrogens (tertiary/aromatic N) is 1. The average molecular weight is 614 g/mol. The summed E-state index contributed by atoms with van der Waals surface area (Å²) in [4.78, 5) is 27.6. The minimum Gasteiger partial charge on any atom is -0.379 e. The number of ether oxygens (including phenoxy) is 3. The Labute approximate surface area is 265 Å². The van der Waals surface area contributed by atoms with Gasteiger partial charge in [0.25, 0.3) is 0 Å². The monoisotopic (exact) mass is 613 g/mol. The van der Waals surface area contributed by atoms with E-state index in [1.165, 1.54) is 44.9 Å². The highest BCUT2D eigenvalue weighted by Crippen LogP contribution is 2.67. The van der Waals surface area contributed by atoms with Crippen molar-refractivity contribution >= 4 is 11.8 Å². The van der Waals surface area contributed by atoms with Crippen LogP contribution >= 0.6 is 0 Å². The molecule has 3 aliphatic heterocycles. The highest BCUT2D eigenvalue weighted by molar-refractivity contribution is 5.96. The number of amides is 2. The molecule has 3 saturated heterocycles. The average Bonchev–Trinajstić information content (AvgIpc) is 3.50. The first kappa shape index (κ1) is 31.4. The fourth-order valence-corrected chi connectivity index (χ4v) is 11.7. The fraction of sp³-hybridized carbons (Fsp3) is 0.944. The molecule has 12 atom stereocenters. The second-order valence-corrected chi connectivity index (χ2v) is 16.4. The maximum atomic E-state index is 12.8. The zero-order chi connectivity index (χ0) is 30.5. The molecule has 44 heavy (non-hydrogen) atoms. The first-order valence-electron chi connectivity index (χ1n) is 18.4. The van der Waals surface area contributed by atoms with Gasteiger partial charge in [0.1, 0.15) is 6.42 Å². The van der Waals surface area contributed by atoms with Gasteiger partial charge < -0.3 is 24.8 Å². The Morgan fingerprint density at radius 2 is 1.73 bits per heavy atom. The molecule has 0 radical (unpaired) electrons. The fourth-order valence-electron chi connectivity index (χ4n) is 11.7. The predicted octanol–water partition coefficient (Wildman–Crippen LogP) is 4.76. The molecule has 4 aliphatic carbocycles. The first-order valence-corrected chi connectivity index (χ1v) is 18.4. The van der Waals surface area contributed by atoms with Gasteiger partial charge in [-0.3, -0.25) is 14.5 Å². The smallest absolute Gasteiger partial charge is 0.229 e. The Kier molecular flexibility index (Phi) is 9.10. The van der Waals surface area contributed by atoms with Gasteiger partial charge in [0.15, 0.2) is 5.79 Å². The van der Waals surface area contributed by atoms with Gasteiger partial charge in [-0.15, -0.1) is 0 Å². The number of nitrogens with one attached hydrogen (secondary N) is 2. The molecule has 0 aromatic heterocycles. The summed E-state index contributed by atoms with van der Waals surface area (Å²) in [6.45, 7) is 13.3. The lowest BCUT2D eigenvalue weighted by molar-refractivity contribution is -0.272. The van der Waals surface area contributed by atoms with Crippen molar-refractivity contribution in [2.45, 2.75) is 116 Å². The van der Waals surface area contributed by atoms with E-state index >= 15 is 0 Å². The standard InChI is InChI=1S/C36H59N3O5/c1-23-9-12-36(43-22-23)24(2)34-28-7-8-30-27(29(28)20-31(34)44-36)6-5-25-19-26(10-11-35(25,30)3)38-33(41)21-32(40)37-13-4-14-39-15-17-42-18-16-39/h23-31,34H,4-22H2,1-3H3,(H,37,40)(H,38,41)/t23-,24-,25+,26?,27-,28-,29-,30-,31-,34+,35-,36+/m0/s1. The molecule has 0 bridgehead atoms. The van der Waals surface area contributed by atoms with Gasteiger partial charge in [-0.25, -0.2) is 0 Å². The number of hydrogen-bond acceptors (Lipinski definition) is 6. The van der Waals surface area contributed by atoms with Gasteiger partial charge in [-0.05, 0) is 118 Å². The second-order valence-electron chi connectivity index (χ2n) is 16.4. The molecular formula is C36H59N3O5. The van der Waals surface area contributed by atoms with Crippen LogP contribution in [0.4, 0.5) is 0 Å². The molecule has 0 aromatic rings. The van der Waals surface area contributed by atoms with Crippen LogP contribution in [0.25, 0.3) is 0 Å². The van der Waals surface area contributed by atoms with E-state index in [1.54, 1.807) is 0 Å². The van der Waals surface area contributed by atoms with Crippen LogP contribution in [0.5, 0.6) is 0 Å². The number of carbonyl (C=O) groups excluding carboxylic acids is 2. The molecule has 2 amide bonds. The molecule has 7 aliphatic rings. The lowest BCUT2D eigenvalue weighted by Crippen LogP contribution is -2.54. The van der Waals surface area contributed by atoms with E-state index in [0.29, 0.717) is 41.7 Å². The van der Waals surface area contributed by atoms with Crippen molar-refractivity contribution < 1.29 is 23.8 Å². The SMILES string of the molecule is C[C@H]1CC[C@@]2(OC1)O[C@H]1C[C@@H]3[C@H](CC[C@H]4[C@H]3CC[C@@H]3CC(NC(=O)CC(=O)NCCCN5CCOCC5)CC[C@@]34C)[C@H]1[C@@H]2C. The largest absolute Gasteiger partial charge is 0.379 e. The zero-order valence-electron chi connectivity index (χ0n) is 27.7. The minimum atomic E-state index is -0.306. The number of rotatable bonds is 7. The van der Waals surface area contributed by atoms with Crippen LogP contribution in [0, 0.1) is 52.8 Å². The number of morpholine rings is 1. The number of hydrogen-bond donors (Lipinski definition) is 2. The summed E-state index contributed by atoms with van der Waals surface area (Å²) < 4.78 is 18.8. The van der Waals surface area contributed by atoms with Crippen LogP contribution in [0.15, 0.2) is 0 Å². The van der Waals surface area contributed by atoms with Crippen LogP contribution in [0.3, 0.4) is 0 Å². The quantitative estimate of drug-likeness (QED) is 0.318. The van der Waals surface area contributed by atoms with Gasteiger partial charge in [0.05, 0.1) is 25.9 Å². The topological polar surface area (TPSA) is 89.1 Å². The summed E-state index contributed by atoms with van der Waals surface area (Å²) in [7, 11) is 0. The third kappa shape index (κ3) is 5.88. The lowest BCUT2D eigenvalue weighted by atomic mass is 9.46. The second kappa shape index (κ2) is 12.8. The highest BCUT2D eigenvalue weighted by atomic mass is 16.7. The van der Waals surface area contributed by atoms with Gasteiger partial charge in [0.2, 0.25) is 11.8 Å². The Hall–Kier alpha value is -1.22. The van der Waals surface area contributed by atoms with Crippen molar-refractivity contribution in [2.24, 2.45) is 52.8 Å². The Bertz CT molecular complexity index is 1040. The lowest BCUT2D eigenvalue weighted by Gasteiger charge is -2.59. The third-order valence-electron chi connectivity index (χ3n) is 14.1. The van der Waals surface area contributed by atoms with Crippen LogP contribution in [0.1, 0.15) is 97.8 Å². The summed E-state index contributed by atoms with van der Waals surface area (Å²) in [6, 6.07) is 0.206. The molecule has 4 saturated carbocycles.